The van der Waals surface area contributed by atoms with E-state index in [1.54, 1.807) is 29.9 Å². The fourth-order valence-electron chi connectivity index (χ4n) is 9.44. The number of ether oxygens (including phenoxy) is 2. The Morgan fingerprint density at radius 2 is 1.73 bits per heavy atom. The molecule has 66 heavy (non-hydrogen) atoms. The van der Waals surface area contributed by atoms with Crippen LogP contribution in [0.15, 0.2) is 66.3 Å². The molecule has 0 unspecified atom stereocenters. The lowest BCUT2D eigenvalue weighted by Crippen LogP contribution is -2.74. The second kappa shape index (κ2) is 21.9. The number of nitrogens with one attached hydrogen (secondary N) is 3. The molecule has 1 saturated carbocycles. The largest absolute Gasteiger partial charge is 0.489 e. The summed E-state index contributed by atoms with van der Waals surface area (Å²) in [6.07, 6.45) is 5.27. The molecule has 1 saturated heterocycles. The minimum absolute atomic E-state index is 0.00788. The summed E-state index contributed by atoms with van der Waals surface area (Å²) in [5.41, 5.74) is 5.71. The Balaban J connectivity index is 0.864. The van der Waals surface area contributed by atoms with Crippen LogP contribution in [0.2, 0.25) is 5.02 Å². The number of aryl methyl sites for hydroxylation is 2. The van der Waals surface area contributed by atoms with Crippen molar-refractivity contribution in [1.29, 1.82) is 5.26 Å². The SMILES string of the molecule is Cc1ncsc1-c1ccc(CNC(=O)[C@@H]2C[C@@H](O)CN2C(=O)[C@@H](NC(=O)COCCCCCCc2ccc(C(=O)NC3C(C)(C)C(Oc4ccc(C#N)c(Cl)c4)C3(C)C)cc2)C(C)C)nc1. The van der Waals surface area contributed by atoms with Gasteiger partial charge in [0.2, 0.25) is 17.7 Å². The molecule has 2 aliphatic rings. The van der Waals surface area contributed by atoms with Gasteiger partial charge in [-0.25, -0.2) is 4.98 Å². The first-order valence-corrected chi connectivity index (χ1v) is 23.9. The van der Waals surface area contributed by atoms with E-state index >= 15 is 0 Å². The first kappa shape index (κ1) is 50.0. The molecule has 4 aromatic rings. The molecule has 2 aromatic carbocycles. The van der Waals surface area contributed by atoms with E-state index < -0.39 is 35.9 Å². The van der Waals surface area contributed by atoms with E-state index in [0.717, 1.165) is 53.8 Å². The van der Waals surface area contributed by atoms with Crippen LogP contribution in [0.5, 0.6) is 5.75 Å². The summed E-state index contributed by atoms with van der Waals surface area (Å²) in [7, 11) is 0. The predicted molar refractivity (Wildman–Crippen MR) is 254 cm³/mol. The summed E-state index contributed by atoms with van der Waals surface area (Å²) in [5.74, 6) is -1.07. The zero-order chi connectivity index (χ0) is 47.8. The zero-order valence-electron chi connectivity index (χ0n) is 38.9. The third-order valence-electron chi connectivity index (χ3n) is 12.8. The van der Waals surface area contributed by atoms with Gasteiger partial charge in [-0.05, 0) is 68.0 Å². The molecule has 0 spiro atoms. The van der Waals surface area contributed by atoms with Gasteiger partial charge in [0.1, 0.15) is 36.6 Å². The molecule has 6 rings (SSSR count). The fraction of sp³-hybridized carbons (Fsp3) is 0.500. The van der Waals surface area contributed by atoms with Gasteiger partial charge in [0.15, 0.2) is 0 Å². The zero-order valence-corrected chi connectivity index (χ0v) is 40.4. The minimum atomic E-state index is -0.896. The highest BCUT2D eigenvalue weighted by atomic mass is 35.5. The number of hydrogen-bond acceptors (Lipinski definition) is 11. The van der Waals surface area contributed by atoms with Crippen LogP contribution >= 0.6 is 22.9 Å². The molecular weight excluding hydrogens is 878 g/mol. The first-order chi connectivity index (χ1) is 31.4. The van der Waals surface area contributed by atoms with Gasteiger partial charge < -0.3 is 35.4 Å². The molecule has 4 N–H and O–H groups in total. The highest BCUT2D eigenvalue weighted by Gasteiger charge is 2.64. The molecule has 1 aliphatic carbocycles. The molecule has 352 valence electrons. The van der Waals surface area contributed by atoms with E-state index in [1.807, 2.05) is 57.2 Å². The second-order valence-corrected chi connectivity index (χ2v) is 20.2. The van der Waals surface area contributed by atoms with Crippen molar-refractivity contribution < 1.29 is 33.8 Å². The number of amides is 4. The third kappa shape index (κ3) is 11.9. The van der Waals surface area contributed by atoms with Gasteiger partial charge in [0.05, 0.1) is 45.0 Å². The standard InChI is InChI=1S/C50H62ClN7O7S/c1-30(2)42(46(63)58-27-37(59)22-40(58)45(62)54-26-36-19-17-35(25-53-36)43-31(3)55-29-66-43)56-41(60)28-64-21-11-9-8-10-12-32-13-15-33(16-14-32)44(61)57-47-49(4,5)48(50(47,6)7)65-38-20-18-34(24-52)39(51)23-38/h13-20,23,25,29-30,37,40,42,47-48,59H,8-12,21-22,26-28H2,1-7H3,(H,54,62)(H,56,60)(H,57,61)/t37-,40+,42+,47?,48?/m1/s1. The van der Waals surface area contributed by atoms with Crippen LogP contribution in [0.3, 0.4) is 0 Å². The Hall–Kier alpha value is -5.40. The van der Waals surface area contributed by atoms with Crippen molar-refractivity contribution in [3.63, 3.8) is 0 Å². The fourth-order valence-corrected chi connectivity index (χ4v) is 10.4. The maximum atomic E-state index is 13.8. The topological polar surface area (TPSA) is 196 Å². The average molecular weight is 941 g/mol. The van der Waals surface area contributed by atoms with Crippen LogP contribution < -0.4 is 20.7 Å². The van der Waals surface area contributed by atoms with Crippen LogP contribution in [0.4, 0.5) is 0 Å². The third-order valence-corrected chi connectivity index (χ3v) is 14.1. The molecule has 3 atom stereocenters. The number of benzene rings is 2. The van der Waals surface area contributed by atoms with E-state index in [0.29, 0.717) is 34.2 Å². The Bertz CT molecular complexity index is 2360. The summed E-state index contributed by atoms with van der Waals surface area (Å²) >= 11 is 7.77. The van der Waals surface area contributed by atoms with Gasteiger partial charge in [0, 0.05) is 59.8 Å². The lowest BCUT2D eigenvalue weighted by molar-refractivity contribution is -0.164. The lowest BCUT2D eigenvalue weighted by Gasteiger charge is -2.63. The number of carbonyl (C=O) groups is 4. The number of rotatable bonds is 20. The summed E-state index contributed by atoms with van der Waals surface area (Å²) in [6, 6.07) is 16.7. The number of carbonyl (C=O) groups excluding carboxylic acids is 4. The number of halogens is 1. The minimum Gasteiger partial charge on any atom is -0.489 e. The number of β-amino-alcohol motifs (C(OH)–C–C–N with tert-alkyl or cyclic N) is 1. The molecule has 3 heterocycles. The summed E-state index contributed by atoms with van der Waals surface area (Å²) < 4.78 is 12.0. The number of aliphatic hydroxyl groups is 1. The molecule has 0 radical (unpaired) electrons. The highest BCUT2D eigenvalue weighted by Crippen LogP contribution is 2.55. The van der Waals surface area contributed by atoms with Gasteiger partial charge in [-0.3, -0.25) is 24.2 Å². The van der Waals surface area contributed by atoms with Gasteiger partial charge >= 0.3 is 0 Å². The molecule has 1 aliphatic heterocycles. The van der Waals surface area contributed by atoms with Gasteiger partial charge in [-0.15, -0.1) is 11.3 Å². The van der Waals surface area contributed by atoms with Crippen LogP contribution in [0.25, 0.3) is 10.4 Å². The lowest BCUT2D eigenvalue weighted by atomic mass is 9.49. The van der Waals surface area contributed by atoms with Crippen molar-refractivity contribution in [3.05, 3.63) is 99.4 Å². The van der Waals surface area contributed by atoms with Crippen molar-refractivity contribution in [1.82, 2.24) is 30.8 Å². The molecule has 14 nitrogen and oxygen atoms in total. The van der Waals surface area contributed by atoms with E-state index in [-0.39, 0.29) is 60.9 Å². The number of hydrogen-bond donors (Lipinski definition) is 4. The highest BCUT2D eigenvalue weighted by molar-refractivity contribution is 7.13. The van der Waals surface area contributed by atoms with E-state index in [9.17, 15) is 29.5 Å². The summed E-state index contributed by atoms with van der Waals surface area (Å²) in [4.78, 5) is 64.6. The van der Waals surface area contributed by atoms with Crippen LogP contribution in [-0.4, -0.2) is 93.7 Å². The molecule has 2 aromatic heterocycles. The quantitative estimate of drug-likeness (QED) is 0.0659. The Labute approximate surface area is 396 Å². The monoisotopic (exact) mass is 939 g/mol. The first-order valence-electron chi connectivity index (χ1n) is 22.7. The molecule has 16 heteroatoms. The van der Waals surface area contributed by atoms with Crippen LogP contribution in [0, 0.1) is 35.0 Å². The number of nitrogens with zero attached hydrogens (tertiary/aromatic N) is 4. The van der Waals surface area contributed by atoms with Crippen LogP contribution in [0.1, 0.15) is 107 Å². The van der Waals surface area contributed by atoms with Crippen molar-refractivity contribution in [3.8, 4) is 22.3 Å². The Kier molecular flexibility index (Phi) is 16.6. The molecular formula is C50H62ClN7O7S. The molecule has 0 bridgehead atoms. The normalized spacial score (nSPS) is 19.9. The Morgan fingerprint density at radius 3 is 2.36 bits per heavy atom. The number of aliphatic hydroxyl groups excluding tert-OH is 1. The number of pyridine rings is 1. The average Bonchev–Trinajstić information content (AvgIpc) is 3.91. The van der Waals surface area contributed by atoms with Crippen molar-refractivity contribution >= 4 is 46.6 Å². The van der Waals surface area contributed by atoms with Crippen molar-refractivity contribution in [2.45, 2.75) is 124 Å². The van der Waals surface area contributed by atoms with E-state index in [2.05, 4.69) is 59.7 Å². The number of nitriles is 1. The number of aromatic nitrogens is 2. The Morgan fingerprint density at radius 1 is 1.00 bits per heavy atom. The maximum Gasteiger partial charge on any atom is 0.251 e. The van der Waals surface area contributed by atoms with E-state index in [4.69, 9.17) is 21.1 Å². The smallest absolute Gasteiger partial charge is 0.251 e. The second-order valence-electron chi connectivity index (χ2n) is 18.9. The van der Waals surface area contributed by atoms with Gasteiger partial charge in [-0.2, -0.15) is 5.26 Å². The van der Waals surface area contributed by atoms with Gasteiger partial charge in [-0.1, -0.05) is 84.2 Å². The van der Waals surface area contributed by atoms with Crippen LogP contribution in [-0.2, 0) is 32.1 Å². The number of unbranched alkanes of at least 4 members (excludes halogenated alkanes) is 3. The predicted octanol–water partition coefficient (Wildman–Crippen LogP) is 7.19. The van der Waals surface area contributed by atoms with Gasteiger partial charge in [0.25, 0.3) is 5.91 Å². The van der Waals surface area contributed by atoms with E-state index in [1.165, 1.54) is 16.2 Å². The van der Waals surface area contributed by atoms with Crippen molar-refractivity contribution in [2.24, 2.45) is 16.7 Å². The summed E-state index contributed by atoms with van der Waals surface area (Å²) in [6.45, 7) is 14.2. The molecule has 2 fully saturated rings. The number of thiazole rings is 1. The maximum absolute atomic E-state index is 13.8. The summed E-state index contributed by atoms with van der Waals surface area (Å²) in [5, 5.41) is 28.9. The molecule has 4 amide bonds. The van der Waals surface area contributed by atoms with Crippen molar-refractivity contribution in [2.75, 3.05) is 19.8 Å². The number of likely N-dealkylation sites (tertiary alicyclic amines) is 1.